The molecular weight excluding hydrogens is 512 g/mol. The summed E-state index contributed by atoms with van der Waals surface area (Å²) in [5, 5.41) is 8.01. The van der Waals surface area contributed by atoms with Gasteiger partial charge in [-0.05, 0) is 67.2 Å². The number of hydrogen-bond donors (Lipinski definition) is 2. The van der Waals surface area contributed by atoms with Gasteiger partial charge in [0.2, 0.25) is 5.91 Å². The van der Waals surface area contributed by atoms with Crippen LogP contribution in [0.25, 0.3) is 15.3 Å². The van der Waals surface area contributed by atoms with E-state index in [9.17, 15) is 4.79 Å². The zero-order valence-electron chi connectivity index (χ0n) is 20.7. The number of benzene rings is 2. The SMILES string of the molecule is Cc1ccccc1NC(=O)CCN1C(=S)N[C@@H](c2ccccn2)[C@H]1c1cccn1-c1nc2ccccc2s1. The van der Waals surface area contributed by atoms with Gasteiger partial charge in [0, 0.05) is 31.0 Å². The molecule has 4 heterocycles. The first-order chi connectivity index (χ1) is 18.6. The Morgan fingerprint density at radius 1 is 1.05 bits per heavy atom. The monoisotopic (exact) mass is 538 g/mol. The molecule has 6 rings (SSSR count). The summed E-state index contributed by atoms with van der Waals surface area (Å²) in [6.45, 7) is 2.45. The number of nitrogens with one attached hydrogen (secondary N) is 2. The number of aryl methyl sites for hydroxylation is 1. The highest BCUT2D eigenvalue weighted by atomic mass is 32.1. The van der Waals surface area contributed by atoms with E-state index < -0.39 is 0 Å². The molecule has 1 aliphatic rings. The fraction of sp³-hybridized carbons (Fsp3) is 0.172. The third-order valence-electron chi connectivity index (χ3n) is 6.77. The summed E-state index contributed by atoms with van der Waals surface area (Å²) < 4.78 is 3.26. The number of anilines is 1. The van der Waals surface area contributed by atoms with Crippen molar-refractivity contribution in [2.75, 3.05) is 11.9 Å². The van der Waals surface area contributed by atoms with Gasteiger partial charge in [0.1, 0.15) is 0 Å². The fourth-order valence-corrected chi connectivity index (χ4v) is 6.19. The number of rotatable bonds is 7. The summed E-state index contributed by atoms with van der Waals surface area (Å²) in [7, 11) is 0. The summed E-state index contributed by atoms with van der Waals surface area (Å²) in [5.74, 6) is -0.0521. The molecule has 190 valence electrons. The number of para-hydroxylation sites is 2. The number of pyridine rings is 1. The highest BCUT2D eigenvalue weighted by Crippen LogP contribution is 2.40. The van der Waals surface area contributed by atoms with Crippen LogP contribution >= 0.6 is 23.6 Å². The van der Waals surface area contributed by atoms with Crippen LogP contribution in [0.1, 0.15) is 35.5 Å². The lowest BCUT2D eigenvalue weighted by atomic mass is 10.0. The maximum atomic E-state index is 12.9. The smallest absolute Gasteiger partial charge is 0.226 e. The summed E-state index contributed by atoms with van der Waals surface area (Å²) in [4.78, 5) is 24.6. The van der Waals surface area contributed by atoms with Crippen molar-refractivity contribution in [2.45, 2.75) is 25.4 Å². The van der Waals surface area contributed by atoms with E-state index in [2.05, 4.69) is 37.2 Å². The predicted octanol–water partition coefficient (Wildman–Crippen LogP) is 5.79. The molecule has 2 atom stereocenters. The molecule has 38 heavy (non-hydrogen) atoms. The molecule has 9 heteroatoms. The minimum atomic E-state index is -0.175. The van der Waals surface area contributed by atoms with Gasteiger partial charge in [-0.1, -0.05) is 47.7 Å². The van der Waals surface area contributed by atoms with E-state index in [1.54, 1.807) is 17.5 Å². The van der Waals surface area contributed by atoms with E-state index in [0.29, 0.717) is 18.1 Å². The molecule has 0 aliphatic carbocycles. The van der Waals surface area contributed by atoms with Gasteiger partial charge in [-0.15, -0.1) is 0 Å². The minimum Gasteiger partial charge on any atom is -0.352 e. The van der Waals surface area contributed by atoms with Crippen molar-refractivity contribution in [3.05, 3.63) is 108 Å². The number of nitrogens with zero attached hydrogens (tertiary/aromatic N) is 4. The summed E-state index contributed by atoms with van der Waals surface area (Å²) >= 11 is 7.46. The van der Waals surface area contributed by atoms with Gasteiger partial charge >= 0.3 is 0 Å². The number of amides is 1. The van der Waals surface area contributed by atoms with Crippen molar-refractivity contribution < 1.29 is 4.79 Å². The molecule has 0 radical (unpaired) electrons. The van der Waals surface area contributed by atoms with Crippen molar-refractivity contribution in [1.82, 2.24) is 24.8 Å². The number of thiocarbonyl (C=S) groups is 1. The van der Waals surface area contributed by atoms with E-state index >= 15 is 0 Å². The topological polar surface area (TPSA) is 75.1 Å². The minimum absolute atomic E-state index is 0.0521. The van der Waals surface area contributed by atoms with E-state index in [-0.39, 0.29) is 18.0 Å². The van der Waals surface area contributed by atoms with Crippen LogP contribution in [0.3, 0.4) is 0 Å². The van der Waals surface area contributed by atoms with Crippen molar-refractivity contribution in [2.24, 2.45) is 0 Å². The van der Waals surface area contributed by atoms with Crippen LogP contribution in [0, 0.1) is 6.92 Å². The standard InChI is InChI=1S/C29H26N6OS2/c1-19-9-2-3-10-20(19)31-25(36)15-18-35-27(26(33-28(35)37)22-12-6-7-16-30-22)23-13-8-17-34(23)29-32-21-11-4-5-14-24(21)38-29/h2-14,16-17,26-27H,15,18H2,1H3,(H,31,36)(H,33,37)/t26-,27+/m0/s1. The first kappa shape index (κ1) is 24.3. The number of thiazole rings is 1. The lowest BCUT2D eigenvalue weighted by Crippen LogP contribution is -2.33. The average molecular weight is 539 g/mol. The lowest BCUT2D eigenvalue weighted by Gasteiger charge is -2.28. The van der Waals surface area contributed by atoms with Crippen LogP contribution in [-0.4, -0.2) is 37.0 Å². The third kappa shape index (κ3) is 4.66. The summed E-state index contributed by atoms with van der Waals surface area (Å²) in [6, 6.07) is 25.6. The van der Waals surface area contributed by atoms with Gasteiger partial charge < -0.3 is 15.5 Å². The lowest BCUT2D eigenvalue weighted by molar-refractivity contribution is -0.116. The molecule has 2 N–H and O–H groups in total. The van der Waals surface area contributed by atoms with E-state index in [1.165, 1.54) is 0 Å². The molecular formula is C29H26N6OS2. The Labute approximate surface area is 230 Å². The first-order valence-corrected chi connectivity index (χ1v) is 13.7. The van der Waals surface area contributed by atoms with Gasteiger partial charge in [0.05, 0.1) is 33.7 Å². The van der Waals surface area contributed by atoms with Gasteiger partial charge in [-0.3, -0.25) is 14.3 Å². The van der Waals surface area contributed by atoms with Gasteiger partial charge in [-0.2, -0.15) is 0 Å². The van der Waals surface area contributed by atoms with E-state index in [0.717, 1.165) is 38.0 Å². The molecule has 0 unspecified atom stereocenters. The normalized spacial score (nSPS) is 17.1. The van der Waals surface area contributed by atoms with Crippen molar-refractivity contribution in [3.8, 4) is 5.13 Å². The van der Waals surface area contributed by atoms with Gasteiger partial charge in [0.25, 0.3) is 0 Å². The zero-order valence-corrected chi connectivity index (χ0v) is 22.4. The molecule has 1 fully saturated rings. The maximum absolute atomic E-state index is 12.9. The number of fused-ring (bicyclic) bond motifs is 1. The Bertz CT molecular complexity index is 1580. The van der Waals surface area contributed by atoms with Crippen LogP contribution < -0.4 is 10.6 Å². The number of carbonyl (C=O) groups is 1. The Balaban J connectivity index is 1.32. The molecule has 0 bridgehead atoms. The highest BCUT2D eigenvalue weighted by molar-refractivity contribution is 7.80. The highest BCUT2D eigenvalue weighted by Gasteiger charge is 2.41. The van der Waals surface area contributed by atoms with Crippen molar-refractivity contribution >= 4 is 50.5 Å². The molecule has 1 amide bonds. The second-order valence-electron chi connectivity index (χ2n) is 9.20. The number of hydrogen-bond acceptors (Lipinski definition) is 5. The Hall–Kier alpha value is -4.08. The summed E-state index contributed by atoms with van der Waals surface area (Å²) in [5.41, 5.74) is 4.75. The molecule has 0 spiro atoms. The Kier molecular flexibility index (Phi) is 6.61. The quantitative estimate of drug-likeness (QED) is 0.256. The van der Waals surface area contributed by atoms with Gasteiger partial charge in [-0.25, -0.2) is 4.98 Å². The van der Waals surface area contributed by atoms with Crippen molar-refractivity contribution in [1.29, 1.82) is 0 Å². The molecule has 1 saturated heterocycles. The Morgan fingerprint density at radius 2 is 1.87 bits per heavy atom. The fourth-order valence-electron chi connectivity index (χ4n) is 4.89. The molecule has 1 aliphatic heterocycles. The second kappa shape index (κ2) is 10.4. The predicted molar refractivity (Wildman–Crippen MR) is 156 cm³/mol. The van der Waals surface area contributed by atoms with E-state index in [4.69, 9.17) is 17.2 Å². The molecule has 0 saturated carbocycles. The summed E-state index contributed by atoms with van der Waals surface area (Å²) in [6.07, 6.45) is 4.12. The van der Waals surface area contributed by atoms with Crippen LogP contribution in [0.4, 0.5) is 5.69 Å². The second-order valence-corrected chi connectivity index (χ2v) is 10.6. The van der Waals surface area contributed by atoms with Crippen molar-refractivity contribution in [3.63, 3.8) is 0 Å². The molecule has 7 nitrogen and oxygen atoms in total. The number of carbonyl (C=O) groups excluding carboxylic acids is 1. The Morgan fingerprint density at radius 3 is 2.68 bits per heavy atom. The van der Waals surface area contributed by atoms with Crippen LogP contribution in [0.15, 0.2) is 91.3 Å². The van der Waals surface area contributed by atoms with Gasteiger partial charge in [0.15, 0.2) is 10.2 Å². The zero-order chi connectivity index (χ0) is 26.1. The molecule has 3 aromatic heterocycles. The number of aromatic nitrogens is 3. The third-order valence-corrected chi connectivity index (χ3v) is 8.16. The first-order valence-electron chi connectivity index (χ1n) is 12.5. The van der Waals surface area contributed by atoms with E-state index in [1.807, 2.05) is 79.9 Å². The largest absolute Gasteiger partial charge is 0.352 e. The van der Waals surface area contributed by atoms with Crippen LogP contribution in [-0.2, 0) is 4.79 Å². The molecule has 2 aromatic carbocycles. The van der Waals surface area contributed by atoms with Crippen LogP contribution in [0.2, 0.25) is 0 Å². The maximum Gasteiger partial charge on any atom is 0.226 e. The average Bonchev–Trinajstić information content (AvgIpc) is 3.65. The molecule has 5 aromatic rings. The van der Waals surface area contributed by atoms with Crippen LogP contribution in [0.5, 0.6) is 0 Å².